The Morgan fingerprint density at radius 1 is 0.808 bits per heavy atom. The van der Waals surface area contributed by atoms with Crippen molar-refractivity contribution in [3.05, 3.63) is 65.7 Å². The fourth-order valence-electron chi connectivity index (χ4n) is 2.21. The fraction of sp³-hybridized carbons (Fsp3) is 0.250. The highest BCUT2D eigenvalue weighted by atomic mass is 16.6. The normalized spacial score (nSPS) is 11.3. The summed E-state index contributed by atoms with van der Waals surface area (Å²) < 4.78 is 15.5. The molecule has 0 bridgehead atoms. The van der Waals surface area contributed by atoms with Gasteiger partial charge < -0.3 is 14.2 Å². The molecule has 136 valence electrons. The predicted octanol–water partition coefficient (Wildman–Crippen LogP) is 2.79. The van der Waals surface area contributed by atoms with E-state index in [9.17, 15) is 14.4 Å². The molecule has 1 atom stereocenters. The van der Waals surface area contributed by atoms with Crippen molar-refractivity contribution in [2.75, 3.05) is 13.2 Å². The summed E-state index contributed by atoms with van der Waals surface area (Å²) in [5, 5.41) is 0. The van der Waals surface area contributed by atoms with Gasteiger partial charge in [0.25, 0.3) is 0 Å². The summed E-state index contributed by atoms with van der Waals surface area (Å²) >= 11 is 0. The zero-order valence-electron chi connectivity index (χ0n) is 14.6. The topological polar surface area (TPSA) is 78.9 Å². The molecule has 0 amide bonds. The lowest BCUT2D eigenvalue weighted by molar-refractivity contribution is -0.158. The van der Waals surface area contributed by atoms with Crippen LogP contribution in [-0.4, -0.2) is 37.0 Å². The molecule has 6 heteroatoms. The molecule has 0 heterocycles. The van der Waals surface area contributed by atoms with Crippen LogP contribution in [0.15, 0.2) is 54.6 Å². The van der Waals surface area contributed by atoms with E-state index in [4.69, 9.17) is 14.2 Å². The number of carbonyl (C=O) groups excluding carboxylic acids is 3. The minimum Gasteiger partial charge on any atom is -0.490 e. The minimum atomic E-state index is -0.706. The molecule has 0 aromatic heterocycles. The third-order valence-electron chi connectivity index (χ3n) is 3.39. The molecule has 2 aromatic rings. The number of benzene rings is 2. The first-order valence-electron chi connectivity index (χ1n) is 8.09. The van der Waals surface area contributed by atoms with Crippen LogP contribution in [0.2, 0.25) is 0 Å². The van der Waals surface area contributed by atoms with E-state index in [1.165, 1.54) is 13.8 Å². The quantitative estimate of drug-likeness (QED) is 0.535. The largest absolute Gasteiger partial charge is 0.490 e. The molecule has 2 rings (SSSR count). The third kappa shape index (κ3) is 6.05. The predicted molar refractivity (Wildman–Crippen MR) is 94.0 cm³/mol. The Balaban J connectivity index is 1.95. The molecule has 0 aliphatic heterocycles. The maximum absolute atomic E-state index is 12.3. The first kappa shape index (κ1) is 19.2. The van der Waals surface area contributed by atoms with E-state index in [1.54, 1.807) is 36.4 Å². The van der Waals surface area contributed by atoms with Gasteiger partial charge in [0.2, 0.25) is 0 Å². The van der Waals surface area contributed by atoms with E-state index in [0.29, 0.717) is 16.9 Å². The van der Waals surface area contributed by atoms with Gasteiger partial charge in [0.05, 0.1) is 0 Å². The lowest BCUT2D eigenvalue weighted by Crippen LogP contribution is -2.29. The van der Waals surface area contributed by atoms with Crippen LogP contribution in [-0.2, 0) is 19.1 Å². The number of rotatable bonds is 8. The first-order valence-corrected chi connectivity index (χ1v) is 8.09. The minimum absolute atomic E-state index is 0.0266. The molecule has 0 saturated heterocycles. The average molecular weight is 356 g/mol. The summed E-state index contributed by atoms with van der Waals surface area (Å²) in [5.41, 5.74) is 1.15. The molecule has 26 heavy (non-hydrogen) atoms. The Morgan fingerprint density at radius 3 is 2.00 bits per heavy atom. The van der Waals surface area contributed by atoms with Crippen molar-refractivity contribution >= 4 is 17.7 Å². The molecule has 0 N–H and O–H groups in total. The van der Waals surface area contributed by atoms with Crippen LogP contribution in [0.3, 0.4) is 0 Å². The number of hydrogen-bond acceptors (Lipinski definition) is 6. The summed E-state index contributed by atoms with van der Waals surface area (Å²) in [6.07, 6.45) is -0.706. The van der Waals surface area contributed by atoms with Gasteiger partial charge in [-0.05, 0) is 24.3 Å². The number of esters is 2. The summed E-state index contributed by atoms with van der Waals surface area (Å²) in [7, 11) is 0. The Kier molecular flexibility index (Phi) is 6.91. The first-order chi connectivity index (χ1) is 12.5. The van der Waals surface area contributed by atoms with Gasteiger partial charge >= 0.3 is 11.9 Å². The highest BCUT2D eigenvalue weighted by molar-refractivity contribution is 6.08. The van der Waals surface area contributed by atoms with Gasteiger partial charge in [0.15, 0.2) is 11.9 Å². The number of hydrogen-bond donors (Lipinski definition) is 0. The lowest BCUT2D eigenvalue weighted by Gasteiger charge is -2.17. The van der Waals surface area contributed by atoms with Crippen molar-refractivity contribution in [3.63, 3.8) is 0 Å². The monoisotopic (exact) mass is 356 g/mol. The zero-order chi connectivity index (χ0) is 18.9. The Hall–Kier alpha value is -3.15. The standard InChI is InChI=1S/C20H20O6/c1-14(21)24-12-19(26-15(2)22)13-25-18-10-8-17(9-11-18)20(23)16-6-4-3-5-7-16/h3-11,19H,12-13H2,1-2H3. The van der Waals surface area contributed by atoms with Crippen LogP contribution in [0.1, 0.15) is 29.8 Å². The van der Waals surface area contributed by atoms with E-state index >= 15 is 0 Å². The van der Waals surface area contributed by atoms with Crippen LogP contribution in [0.25, 0.3) is 0 Å². The van der Waals surface area contributed by atoms with Crippen molar-refractivity contribution in [3.8, 4) is 5.75 Å². The molecule has 2 aromatic carbocycles. The van der Waals surface area contributed by atoms with Gasteiger partial charge in [-0.2, -0.15) is 0 Å². The Bertz CT molecular complexity index is 752. The molecule has 0 saturated carbocycles. The van der Waals surface area contributed by atoms with Gasteiger partial charge in [-0.15, -0.1) is 0 Å². The smallest absolute Gasteiger partial charge is 0.303 e. The van der Waals surface area contributed by atoms with Crippen molar-refractivity contribution in [2.24, 2.45) is 0 Å². The summed E-state index contributed by atoms with van der Waals surface area (Å²) in [6.45, 7) is 2.48. The van der Waals surface area contributed by atoms with Crippen molar-refractivity contribution in [1.82, 2.24) is 0 Å². The van der Waals surface area contributed by atoms with Crippen molar-refractivity contribution < 1.29 is 28.6 Å². The third-order valence-corrected chi connectivity index (χ3v) is 3.39. The maximum atomic E-state index is 12.3. The number of ether oxygens (including phenoxy) is 3. The average Bonchev–Trinajstić information content (AvgIpc) is 2.64. The maximum Gasteiger partial charge on any atom is 0.303 e. The van der Waals surface area contributed by atoms with Gasteiger partial charge in [-0.25, -0.2) is 0 Å². The number of ketones is 1. The van der Waals surface area contributed by atoms with Crippen LogP contribution in [0.4, 0.5) is 0 Å². The lowest BCUT2D eigenvalue weighted by atomic mass is 10.0. The van der Waals surface area contributed by atoms with E-state index in [0.717, 1.165) is 0 Å². The van der Waals surface area contributed by atoms with E-state index < -0.39 is 18.0 Å². The highest BCUT2D eigenvalue weighted by Gasteiger charge is 2.15. The molecule has 0 aliphatic rings. The fourth-order valence-corrected chi connectivity index (χ4v) is 2.21. The zero-order valence-corrected chi connectivity index (χ0v) is 14.6. The molecule has 0 aliphatic carbocycles. The van der Waals surface area contributed by atoms with Crippen LogP contribution < -0.4 is 4.74 Å². The molecule has 0 radical (unpaired) electrons. The summed E-state index contributed by atoms with van der Waals surface area (Å²) in [6, 6.07) is 15.6. The van der Waals surface area contributed by atoms with Gasteiger partial charge in [0.1, 0.15) is 19.0 Å². The van der Waals surface area contributed by atoms with Crippen molar-refractivity contribution in [1.29, 1.82) is 0 Å². The van der Waals surface area contributed by atoms with E-state index in [1.807, 2.05) is 18.2 Å². The summed E-state index contributed by atoms with van der Waals surface area (Å²) in [4.78, 5) is 34.3. The molecule has 1 unspecified atom stereocenters. The van der Waals surface area contributed by atoms with Crippen LogP contribution in [0.5, 0.6) is 5.75 Å². The molecular weight excluding hydrogens is 336 g/mol. The van der Waals surface area contributed by atoms with E-state index in [-0.39, 0.29) is 19.0 Å². The van der Waals surface area contributed by atoms with Gasteiger partial charge in [0, 0.05) is 25.0 Å². The molecule has 6 nitrogen and oxygen atoms in total. The highest BCUT2D eigenvalue weighted by Crippen LogP contribution is 2.16. The van der Waals surface area contributed by atoms with Crippen LogP contribution in [0, 0.1) is 0 Å². The SMILES string of the molecule is CC(=O)OCC(COc1ccc(C(=O)c2ccccc2)cc1)OC(C)=O. The number of carbonyl (C=O) groups is 3. The Labute approximate surface area is 151 Å². The van der Waals surface area contributed by atoms with Gasteiger partial charge in [-0.3, -0.25) is 14.4 Å². The van der Waals surface area contributed by atoms with Crippen LogP contribution >= 0.6 is 0 Å². The van der Waals surface area contributed by atoms with Gasteiger partial charge in [-0.1, -0.05) is 30.3 Å². The second-order valence-electron chi connectivity index (χ2n) is 5.56. The second-order valence-corrected chi connectivity index (χ2v) is 5.56. The summed E-state index contributed by atoms with van der Waals surface area (Å²) in [5.74, 6) is -0.528. The Morgan fingerprint density at radius 2 is 1.42 bits per heavy atom. The van der Waals surface area contributed by atoms with Crippen molar-refractivity contribution in [2.45, 2.75) is 20.0 Å². The molecular formula is C20H20O6. The molecule has 0 spiro atoms. The van der Waals surface area contributed by atoms with E-state index in [2.05, 4.69) is 0 Å². The second kappa shape index (κ2) is 9.36. The molecule has 0 fully saturated rings.